The van der Waals surface area contributed by atoms with Crippen LogP contribution in [0, 0.1) is 6.92 Å². The van der Waals surface area contributed by atoms with Crippen molar-refractivity contribution in [3.63, 3.8) is 0 Å². The standard InChI is InChI=1S/C14H23N3O3S/c1-11(2)16-14(18)15-9-10-17(21(4,19)20)13-8-6-5-7-12(13)3/h5-8,11H,9-10H2,1-4H3,(H2,15,16,18). The van der Waals surface area contributed by atoms with E-state index in [1.54, 1.807) is 12.1 Å². The predicted molar refractivity (Wildman–Crippen MR) is 85.0 cm³/mol. The van der Waals surface area contributed by atoms with Crippen LogP contribution in [-0.2, 0) is 10.0 Å². The van der Waals surface area contributed by atoms with Crippen molar-refractivity contribution in [2.24, 2.45) is 0 Å². The van der Waals surface area contributed by atoms with E-state index in [0.717, 1.165) is 11.8 Å². The average Bonchev–Trinajstić information content (AvgIpc) is 2.33. The van der Waals surface area contributed by atoms with Crippen molar-refractivity contribution in [3.8, 4) is 0 Å². The smallest absolute Gasteiger partial charge is 0.315 e. The van der Waals surface area contributed by atoms with Crippen molar-refractivity contribution in [1.82, 2.24) is 10.6 Å². The number of nitrogens with one attached hydrogen (secondary N) is 2. The van der Waals surface area contributed by atoms with Gasteiger partial charge in [-0.25, -0.2) is 13.2 Å². The summed E-state index contributed by atoms with van der Waals surface area (Å²) in [4.78, 5) is 11.5. The molecular weight excluding hydrogens is 290 g/mol. The van der Waals surface area contributed by atoms with E-state index in [0.29, 0.717) is 5.69 Å². The minimum absolute atomic E-state index is 0.0346. The van der Waals surface area contributed by atoms with Crippen LogP contribution in [0.25, 0.3) is 0 Å². The second kappa shape index (κ2) is 7.31. The van der Waals surface area contributed by atoms with Crippen molar-refractivity contribution < 1.29 is 13.2 Å². The summed E-state index contributed by atoms with van der Waals surface area (Å²) in [5.74, 6) is 0. The zero-order valence-electron chi connectivity index (χ0n) is 12.9. The highest BCUT2D eigenvalue weighted by molar-refractivity contribution is 7.92. The first kappa shape index (κ1) is 17.3. The van der Waals surface area contributed by atoms with Crippen molar-refractivity contribution >= 4 is 21.7 Å². The van der Waals surface area contributed by atoms with Gasteiger partial charge in [-0.3, -0.25) is 4.31 Å². The third kappa shape index (κ3) is 5.63. The number of amides is 2. The molecule has 0 bridgehead atoms. The number of para-hydroxylation sites is 1. The largest absolute Gasteiger partial charge is 0.336 e. The fourth-order valence-corrected chi connectivity index (χ4v) is 2.88. The summed E-state index contributed by atoms with van der Waals surface area (Å²) in [7, 11) is -3.40. The molecule has 2 N–H and O–H groups in total. The number of hydrogen-bond acceptors (Lipinski definition) is 3. The Balaban J connectivity index is 2.74. The average molecular weight is 313 g/mol. The molecule has 6 nitrogen and oxygen atoms in total. The van der Waals surface area contributed by atoms with Gasteiger partial charge in [0.2, 0.25) is 10.0 Å². The van der Waals surface area contributed by atoms with E-state index in [1.807, 2.05) is 32.9 Å². The first-order valence-electron chi connectivity index (χ1n) is 6.79. The van der Waals surface area contributed by atoms with Gasteiger partial charge >= 0.3 is 6.03 Å². The fraction of sp³-hybridized carbons (Fsp3) is 0.500. The normalized spacial score (nSPS) is 11.3. The molecule has 0 fully saturated rings. The number of anilines is 1. The van der Waals surface area contributed by atoms with Gasteiger partial charge in [0.05, 0.1) is 18.5 Å². The molecule has 1 rings (SSSR count). The van der Waals surface area contributed by atoms with E-state index in [-0.39, 0.29) is 25.2 Å². The highest BCUT2D eigenvalue weighted by Gasteiger charge is 2.18. The summed E-state index contributed by atoms with van der Waals surface area (Å²) in [5.41, 5.74) is 1.50. The lowest BCUT2D eigenvalue weighted by Gasteiger charge is -2.24. The Morgan fingerprint density at radius 2 is 1.90 bits per heavy atom. The molecule has 0 unspecified atom stereocenters. The maximum Gasteiger partial charge on any atom is 0.315 e. The summed E-state index contributed by atoms with van der Waals surface area (Å²) in [5, 5.41) is 5.34. The molecule has 0 aromatic heterocycles. The monoisotopic (exact) mass is 313 g/mol. The van der Waals surface area contributed by atoms with Gasteiger partial charge < -0.3 is 10.6 Å². The van der Waals surface area contributed by atoms with Crippen LogP contribution >= 0.6 is 0 Å². The minimum atomic E-state index is -3.40. The lowest BCUT2D eigenvalue weighted by molar-refractivity contribution is 0.239. The first-order valence-corrected chi connectivity index (χ1v) is 8.64. The number of benzene rings is 1. The van der Waals surface area contributed by atoms with Gasteiger partial charge in [-0.1, -0.05) is 18.2 Å². The van der Waals surface area contributed by atoms with Crippen LogP contribution < -0.4 is 14.9 Å². The van der Waals surface area contributed by atoms with E-state index in [2.05, 4.69) is 10.6 Å². The van der Waals surface area contributed by atoms with Crippen molar-refractivity contribution in [2.45, 2.75) is 26.8 Å². The molecule has 21 heavy (non-hydrogen) atoms. The van der Waals surface area contributed by atoms with Crippen LogP contribution in [0.15, 0.2) is 24.3 Å². The lowest BCUT2D eigenvalue weighted by atomic mass is 10.2. The summed E-state index contributed by atoms with van der Waals surface area (Å²) < 4.78 is 25.2. The van der Waals surface area contributed by atoms with Crippen LogP contribution in [0.5, 0.6) is 0 Å². The number of aryl methyl sites for hydroxylation is 1. The van der Waals surface area contributed by atoms with Gasteiger partial charge in [0.1, 0.15) is 0 Å². The maximum atomic E-state index is 11.9. The highest BCUT2D eigenvalue weighted by atomic mass is 32.2. The van der Waals surface area contributed by atoms with Crippen LogP contribution in [0.4, 0.5) is 10.5 Å². The van der Waals surface area contributed by atoms with Crippen LogP contribution in [0.2, 0.25) is 0 Å². The molecule has 7 heteroatoms. The Morgan fingerprint density at radius 1 is 1.29 bits per heavy atom. The van der Waals surface area contributed by atoms with Crippen molar-refractivity contribution in [2.75, 3.05) is 23.7 Å². The molecule has 118 valence electrons. The number of carbonyl (C=O) groups excluding carboxylic acids is 1. The zero-order chi connectivity index (χ0) is 16.0. The summed E-state index contributed by atoms with van der Waals surface area (Å²) >= 11 is 0. The second-order valence-corrected chi connectivity index (χ2v) is 7.08. The van der Waals surface area contributed by atoms with Crippen molar-refractivity contribution in [3.05, 3.63) is 29.8 Å². The molecule has 0 radical (unpaired) electrons. The van der Waals surface area contributed by atoms with Gasteiger partial charge in [0, 0.05) is 12.6 Å². The third-order valence-corrected chi connectivity index (χ3v) is 3.98. The Labute approximate surface area is 126 Å². The third-order valence-electron chi connectivity index (χ3n) is 2.80. The Morgan fingerprint density at radius 3 is 2.43 bits per heavy atom. The SMILES string of the molecule is Cc1ccccc1N(CCNC(=O)NC(C)C)S(C)(=O)=O. The fourth-order valence-electron chi connectivity index (χ4n) is 1.89. The van der Waals surface area contributed by atoms with Crippen molar-refractivity contribution in [1.29, 1.82) is 0 Å². The first-order chi connectivity index (χ1) is 9.71. The lowest BCUT2D eigenvalue weighted by Crippen LogP contribution is -2.44. The number of nitrogens with zero attached hydrogens (tertiary/aromatic N) is 1. The molecule has 0 saturated carbocycles. The number of carbonyl (C=O) groups is 1. The van der Waals surface area contributed by atoms with Gasteiger partial charge in [-0.05, 0) is 32.4 Å². The van der Waals surface area contributed by atoms with Crippen LogP contribution in [-0.4, -0.2) is 39.8 Å². The number of rotatable bonds is 6. The second-order valence-electron chi connectivity index (χ2n) is 5.18. The van der Waals surface area contributed by atoms with E-state index in [9.17, 15) is 13.2 Å². The molecule has 2 amide bonds. The molecule has 0 heterocycles. The molecular formula is C14H23N3O3S. The van der Waals surface area contributed by atoms with E-state index < -0.39 is 10.0 Å². The quantitative estimate of drug-likeness (QED) is 0.835. The van der Waals surface area contributed by atoms with Gasteiger partial charge in [0.25, 0.3) is 0 Å². The number of sulfonamides is 1. The molecule has 0 saturated heterocycles. The molecule has 1 aromatic carbocycles. The minimum Gasteiger partial charge on any atom is -0.336 e. The van der Waals surface area contributed by atoms with Crippen LogP contribution in [0.1, 0.15) is 19.4 Å². The van der Waals surface area contributed by atoms with Gasteiger partial charge in [-0.15, -0.1) is 0 Å². The van der Waals surface area contributed by atoms with Gasteiger partial charge in [0.15, 0.2) is 0 Å². The van der Waals surface area contributed by atoms with E-state index >= 15 is 0 Å². The number of urea groups is 1. The van der Waals surface area contributed by atoms with E-state index in [4.69, 9.17) is 0 Å². The predicted octanol–water partition coefficient (Wildman–Crippen LogP) is 1.47. The summed E-state index contributed by atoms with van der Waals surface area (Å²) in [6.45, 7) is 5.99. The molecule has 0 atom stereocenters. The molecule has 1 aromatic rings. The topological polar surface area (TPSA) is 78.5 Å². The Hall–Kier alpha value is -1.76. The molecule has 0 aliphatic heterocycles. The molecule has 0 aliphatic carbocycles. The van der Waals surface area contributed by atoms with Crippen LogP contribution in [0.3, 0.4) is 0 Å². The van der Waals surface area contributed by atoms with Gasteiger partial charge in [-0.2, -0.15) is 0 Å². The Kier molecular flexibility index (Phi) is 6.02. The summed E-state index contributed by atoms with van der Waals surface area (Å²) in [6, 6.07) is 6.99. The molecule has 0 spiro atoms. The summed E-state index contributed by atoms with van der Waals surface area (Å²) in [6.07, 6.45) is 1.16. The highest BCUT2D eigenvalue weighted by Crippen LogP contribution is 2.21. The number of hydrogen-bond donors (Lipinski definition) is 2. The Bertz CT molecular complexity index is 585. The molecule has 0 aliphatic rings. The zero-order valence-corrected chi connectivity index (χ0v) is 13.7. The maximum absolute atomic E-state index is 11.9. The van der Waals surface area contributed by atoms with E-state index in [1.165, 1.54) is 4.31 Å².